The molecular formula is C19H35F3. The van der Waals surface area contributed by atoms with Crippen molar-refractivity contribution in [2.45, 2.75) is 110 Å². The number of unbranched alkanes of at least 4 members (excludes halogenated alkanes) is 7. The summed E-state index contributed by atoms with van der Waals surface area (Å²) < 4.78 is 40.8. The molecule has 1 saturated carbocycles. The van der Waals surface area contributed by atoms with Crippen LogP contribution in [0.2, 0.25) is 0 Å². The van der Waals surface area contributed by atoms with E-state index in [2.05, 4.69) is 13.8 Å². The Labute approximate surface area is 135 Å². The lowest BCUT2D eigenvalue weighted by molar-refractivity contribution is -0.273. The monoisotopic (exact) mass is 320 g/mol. The van der Waals surface area contributed by atoms with E-state index < -0.39 is 11.6 Å². The Hall–Kier alpha value is -0.210. The van der Waals surface area contributed by atoms with Crippen molar-refractivity contribution >= 4 is 0 Å². The van der Waals surface area contributed by atoms with Crippen LogP contribution in [0.4, 0.5) is 13.2 Å². The molecule has 0 aromatic rings. The number of hydrogen-bond acceptors (Lipinski definition) is 0. The van der Waals surface area contributed by atoms with Gasteiger partial charge in [0.1, 0.15) is 0 Å². The molecule has 0 nitrogen and oxygen atoms in total. The maximum atomic E-state index is 13.6. The fraction of sp³-hybridized carbons (Fsp3) is 1.00. The van der Waals surface area contributed by atoms with Gasteiger partial charge >= 0.3 is 6.18 Å². The molecule has 0 radical (unpaired) electrons. The van der Waals surface area contributed by atoms with Gasteiger partial charge in [-0.2, -0.15) is 13.2 Å². The Morgan fingerprint density at radius 3 is 1.59 bits per heavy atom. The van der Waals surface area contributed by atoms with Crippen LogP contribution in [0.1, 0.15) is 104 Å². The summed E-state index contributed by atoms with van der Waals surface area (Å²) in [4.78, 5) is 0. The van der Waals surface area contributed by atoms with Crippen molar-refractivity contribution in [1.82, 2.24) is 0 Å². The molecule has 1 atom stereocenters. The minimum Gasteiger partial charge on any atom is -0.170 e. The second-order valence-electron chi connectivity index (χ2n) is 7.26. The molecule has 0 spiro atoms. The largest absolute Gasteiger partial charge is 0.394 e. The van der Waals surface area contributed by atoms with E-state index in [-0.39, 0.29) is 5.92 Å². The fourth-order valence-corrected chi connectivity index (χ4v) is 3.99. The van der Waals surface area contributed by atoms with Gasteiger partial charge in [-0.3, -0.25) is 0 Å². The molecule has 132 valence electrons. The van der Waals surface area contributed by atoms with Gasteiger partial charge in [0.2, 0.25) is 0 Å². The molecule has 0 N–H and O–H groups in total. The Kier molecular flexibility index (Phi) is 8.86. The maximum Gasteiger partial charge on any atom is 0.394 e. The highest BCUT2D eigenvalue weighted by atomic mass is 19.4. The molecule has 1 unspecified atom stereocenters. The van der Waals surface area contributed by atoms with E-state index in [1.54, 1.807) is 0 Å². The lowest BCUT2D eigenvalue weighted by Gasteiger charge is -2.49. The van der Waals surface area contributed by atoms with Crippen molar-refractivity contribution in [2.24, 2.45) is 11.3 Å². The van der Waals surface area contributed by atoms with Crippen LogP contribution < -0.4 is 0 Å². The zero-order valence-corrected chi connectivity index (χ0v) is 14.6. The summed E-state index contributed by atoms with van der Waals surface area (Å²) in [6, 6.07) is 0. The smallest absolute Gasteiger partial charge is 0.170 e. The third-order valence-corrected chi connectivity index (χ3v) is 5.65. The van der Waals surface area contributed by atoms with Gasteiger partial charge < -0.3 is 0 Å². The van der Waals surface area contributed by atoms with Gasteiger partial charge in [0.25, 0.3) is 0 Å². The molecule has 0 aromatic carbocycles. The molecule has 0 aromatic heterocycles. The third kappa shape index (κ3) is 5.45. The molecule has 1 aliphatic rings. The Bertz CT molecular complexity index is 279. The lowest BCUT2D eigenvalue weighted by atomic mass is 9.58. The number of hydrogen-bond donors (Lipinski definition) is 0. The van der Waals surface area contributed by atoms with Crippen LogP contribution in [-0.2, 0) is 0 Å². The minimum absolute atomic E-state index is 0.125. The van der Waals surface area contributed by atoms with E-state index in [4.69, 9.17) is 0 Å². The van der Waals surface area contributed by atoms with Crippen molar-refractivity contribution in [2.75, 3.05) is 0 Å². The van der Waals surface area contributed by atoms with E-state index >= 15 is 0 Å². The van der Waals surface area contributed by atoms with Gasteiger partial charge in [-0.1, -0.05) is 78.1 Å². The van der Waals surface area contributed by atoms with Gasteiger partial charge in [-0.15, -0.1) is 0 Å². The topological polar surface area (TPSA) is 0 Å². The zero-order chi connectivity index (χ0) is 16.5. The molecule has 0 aliphatic heterocycles. The fourth-order valence-electron chi connectivity index (χ4n) is 3.99. The standard InChI is InChI=1S/C19H35F3/c1-3-5-7-9-11-14-17(13-10-8-6-4-2)18(15-12-16-18)19(20,21)22/h17H,3-16H2,1-2H3. The Morgan fingerprint density at radius 1 is 0.773 bits per heavy atom. The summed E-state index contributed by atoms with van der Waals surface area (Å²) in [5.74, 6) is -0.125. The normalized spacial score (nSPS) is 19.0. The summed E-state index contributed by atoms with van der Waals surface area (Å²) in [7, 11) is 0. The van der Waals surface area contributed by atoms with E-state index in [1.807, 2.05) is 0 Å². The first-order valence-corrected chi connectivity index (χ1v) is 9.54. The van der Waals surface area contributed by atoms with E-state index in [9.17, 15) is 13.2 Å². The highest BCUT2D eigenvalue weighted by Crippen LogP contribution is 2.60. The molecule has 22 heavy (non-hydrogen) atoms. The van der Waals surface area contributed by atoms with Gasteiger partial charge in [0.05, 0.1) is 5.41 Å². The molecule has 0 amide bonds. The molecule has 0 saturated heterocycles. The zero-order valence-electron chi connectivity index (χ0n) is 14.6. The molecular weight excluding hydrogens is 285 g/mol. The van der Waals surface area contributed by atoms with Crippen molar-refractivity contribution in [3.8, 4) is 0 Å². The number of halogens is 3. The first-order chi connectivity index (χ1) is 10.5. The molecule has 1 fully saturated rings. The van der Waals surface area contributed by atoms with Crippen LogP contribution in [0, 0.1) is 11.3 Å². The van der Waals surface area contributed by atoms with Crippen LogP contribution in [-0.4, -0.2) is 6.18 Å². The third-order valence-electron chi connectivity index (χ3n) is 5.65. The van der Waals surface area contributed by atoms with Crippen molar-refractivity contribution in [3.63, 3.8) is 0 Å². The highest BCUT2D eigenvalue weighted by Gasteiger charge is 2.61. The Balaban J connectivity index is 2.53. The molecule has 0 heterocycles. The maximum absolute atomic E-state index is 13.6. The predicted molar refractivity (Wildman–Crippen MR) is 88.0 cm³/mol. The highest BCUT2D eigenvalue weighted by molar-refractivity contribution is 4.98. The Morgan fingerprint density at radius 2 is 1.23 bits per heavy atom. The van der Waals surface area contributed by atoms with Crippen LogP contribution in [0.25, 0.3) is 0 Å². The summed E-state index contributed by atoms with van der Waals surface area (Å²) in [6.07, 6.45) is 9.14. The lowest BCUT2D eigenvalue weighted by Crippen LogP contribution is -2.49. The van der Waals surface area contributed by atoms with Crippen molar-refractivity contribution in [3.05, 3.63) is 0 Å². The average Bonchev–Trinajstić information content (AvgIpc) is 2.39. The van der Waals surface area contributed by atoms with Gasteiger partial charge in [-0.05, 0) is 31.6 Å². The van der Waals surface area contributed by atoms with Crippen LogP contribution in [0.15, 0.2) is 0 Å². The first kappa shape index (κ1) is 19.8. The summed E-state index contributed by atoms with van der Waals surface area (Å²) in [5, 5.41) is 0. The number of rotatable bonds is 12. The minimum atomic E-state index is -4.00. The van der Waals surface area contributed by atoms with Crippen LogP contribution >= 0.6 is 0 Å². The average molecular weight is 320 g/mol. The van der Waals surface area contributed by atoms with Gasteiger partial charge in [0, 0.05) is 0 Å². The van der Waals surface area contributed by atoms with Gasteiger partial charge in [0.15, 0.2) is 0 Å². The summed E-state index contributed by atoms with van der Waals surface area (Å²) in [5.41, 5.74) is -1.33. The first-order valence-electron chi connectivity index (χ1n) is 9.54. The van der Waals surface area contributed by atoms with Crippen LogP contribution in [0.5, 0.6) is 0 Å². The predicted octanol–water partition coefficient (Wildman–Crippen LogP) is 7.67. The van der Waals surface area contributed by atoms with E-state index in [1.165, 1.54) is 19.3 Å². The van der Waals surface area contributed by atoms with E-state index in [0.29, 0.717) is 12.8 Å². The quantitative estimate of drug-likeness (QED) is 0.324. The van der Waals surface area contributed by atoms with Gasteiger partial charge in [-0.25, -0.2) is 0 Å². The second-order valence-corrected chi connectivity index (χ2v) is 7.26. The molecule has 1 aliphatic carbocycles. The summed E-state index contributed by atoms with van der Waals surface area (Å²) in [6.45, 7) is 4.32. The van der Waals surface area contributed by atoms with Crippen LogP contribution in [0.3, 0.4) is 0 Å². The summed E-state index contributed by atoms with van der Waals surface area (Å²) >= 11 is 0. The molecule has 1 rings (SSSR count). The number of alkyl halides is 3. The SMILES string of the molecule is CCCCCCCC(CCCCCC)C1(C(F)(F)F)CCC1. The van der Waals surface area contributed by atoms with E-state index in [0.717, 1.165) is 57.8 Å². The molecule has 3 heteroatoms. The van der Waals surface area contributed by atoms with Crippen molar-refractivity contribution < 1.29 is 13.2 Å². The second kappa shape index (κ2) is 9.82. The molecule has 0 bridgehead atoms. The van der Waals surface area contributed by atoms with Crippen molar-refractivity contribution in [1.29, 1.82) is 0 Å².